The van der Waals surface area contributed by atoms with Crippen molar-refractivity contribution >= 4 is 6.03 Å². The lowest BCUT2D eigenvalue weighted by Crippen LogP contribution is -2.44. The van der Waals surface area contributed by atoms with E-state index in [1.165, 1.54) is 12.1 Å². The van der Waals surface area contributed by atoms with Crippen LogP contribution in [0, 0.1) is 0 Å². The molecule has 2 amide bonds. The molecule has 0 spiro atoms. The average Bonchev–Trinajstić information content (AvgIpc) is 2.59. The van der Waals surface area contributed by atoms with Gasteiger partial charge in [-0.2, -0.15) is 13.2 Å². The Morgan fingerprint density at radius 1 is 1.12 bits per heavy atom. The molecule has 1 heterocycles. The van der Waals surface area contributed by atoms with Gasteiger partial charge in [-0.3, -0.25) is 0 Å². The predicted octanol–water partition coefficient (Wildman–Crippen LogP) is 3.99. The van der Waals surface area contributed by atoms with Crippen molar-refractivity contribution < 1.29 is 18.0 Å². The van der Waals surface area contributed by atoms with Crippen LogP contribution in [0.4, 0.5) is 18.0 Å². The van der Waals surface area contributed by atoms with Crippen LogP contribution in [-0.4, -0.2) is 24.5 Å². The lowest BCUT2D eigenvalue weighted by atomic mass is 9.88. The van der Waals surface area contributed by atoms with Crippen LogP contribution in [0.3, 0.4) is 0 Å². The summed E-state index contributed by atoms with van der Waals surface area (Å²) in [4.78, 5) is 13.9. The number of halogens is 3. The number of urea groups is 1. The number of rotatable bonds is 1. The molecule has 0 radical (unpaired) electrons. The van der Waals surface area contributed by atoms with Crippen LogP contribution < -0.4 is 5.32 Å². The van der Waals surface area contributed by atoms with E-state index in [0.29, 0.717) is 12.1 Å². The lowest BCUT2D eigenvalue weighted by molar-refractivity contribution is -0.137. The van der Waals surface area contributed by atoms with E-state index in [0.717, 1.165) is 29.7 Å². The maximum atomic E-state index is 12.8. The van der Waals surface area contributed by atoms with Gasteiger partial charge in [0.2, 0.25) is 0 Å². The van der Waals surface area contributed by atoms with E-state index in [1.807, 2.05) is 24.3 Å². The highest BCUT2D eigenvalue weighted by Gasteiger charge is 2.33. The SMILES string of the molecule is CNC(=O)N1CCc2ccccc2C1c1ccc(C(F)(F)F)cc1. The zero-order valence-corrected chi connectivity index (χ0v) is 13.1. The Hall–Kier alpha value is -2.50. The van der Waals surface area contributed by atoms with Crippen molar-refractivity contribution in [1.29, 1.82) is 0 Å². The van der Waals surface area contributed by atoms with E-state index < -0.39 is 17.8 Å². The molecule has 1 unspecified atom stereocenters. The summed E-state index contributed by atoms with van der Waals surface area (Å²) >= 11 is 0. The number of nitrogens with zero attached hydrogens (tertiary/aromatic N) is 1. The quantitative estimate of drug-likeness (QED) is 0.840. The monoisotopic (exact) mass is 334 g/mol. The molecule has 1 N–H and O–H groups in total. The molecule has 0 saturated heterocycles. The van der Waals surface area contributed by atoms with Gasteiger partial charge in [0, 0.05) is 13.6 Å². The van der Waals surface area contributed by atoms with E-state index in [2.05, 4.69) is 5.32 Å². The van der Waals surface area contributed by atoms with Crippen molar-refractivity contribution in [1.82, 2.24) is 10.2 Å². The standard InChI is InChI=1S/C18H17F3N2O/c1-22-17(24)23-11-10-12-4-2-3-5-15(12)16(23)13-6-8-14(9-7-13)18(19,20)21/h2-9,16H,10-11H2,1H3,(H,22,24). The molecule has 1 aliphatic rings. The molecule has 3 rings (SSSR count). The summed E-state index contributed by atoms with van der Waals surface area (Å²) in [5.74, 6) is 0. The zero-order valence-electron chi connectivity index (χ0n) is 13.1. The summed E-state index contributed by atoms with van der Waals surface area (Å²) in [7, 11) is 1.55. The number of benzene rings is 2. The Bertz CT molecular complexity index is 741. The van der Waals surface area contributed by atoms with Crippen LogP contribution in [0.25, 0.3) is 0 Å². The number of hydrogen-bond donors (Lipinski definition) is 1. The Morgan fingerprint density at radius 2 is 1.79 bits per heavy atom. The molecule has 2 aromatic carbocycles. The van der Waals surface area contributed by atoms with E-state index in [-0.39, 0.29) is 6.03 Å². The topological polar surface area (TPSA) is 32.3 Å². The minimum absolute atomic E-state index is 0.241. The maximum absolute atomic E-state index is 12.8. The number of hydrogen-bond acceptors (Lipinski definition) is 1. The number of alkyl halides is 3. The third-order valence-electron chi connectivity index (χ3n) is 4.31. The number of carbonyl (C=O) groups excluding carboxylic acids is 1. The summed E-state index contributed by atoms with van der Waals surface area (Å²) in [6, 6.07) is 12.1. The first-order valence-electron chi connectivity index (χ1n) is 7.65. The minimum atomic E-state index is -4.37. The lowest BCUT2D eigenvalue weighted by Gasteiger charge is -2.37. The van der Waals surface area contributed by atoms with Gasteiger partial charge in [-0.15, -0.1) is 0 Å². The van der Waals surface area contributed by atoms with Gasteiger partial charge in [-0.25, -0.2) is 4.79 Å². The summed E-state index contributed by atoms with van der Waals surface area (Å²) in [5.41, 5.74) is 2.04. The van der Waals surface area contributed by atoms with Gasteiger partial charge in [0.1, 0.15) is 0 Å². The molecule has 6 heteroatoms. The third-order valence-corrected chi connectivity index (χ3v) is 4.31. The number of nitrogens with one attached hydrogen (secondary N) is 1. The second-order valence-corrected chi connectivity index (χ2v) is 5.72. The first-order valence-corrected chi connectivity index (χ1v) is 7.65. The first kappa shape index (κ1) is 16.4. The van der Waals surface area contributed by atoms with E-state index in [4.69, 9.17) is 0 Å². The van der Waals surface area contributed by atoms with Crippen LogP contribution >= 0.6 is 0 Å². The number of amides is 2. The molecule has 3 nitrogen and oxygen atoms in total. The second kappa shape index (κ2) is 6.19. The molecule has 0 aromatic heterocycles. The van der Waals surface area contributed by atoms with Gasteiger partial charge < -0.3 is 10.2 Å². The fourth-order valence-corrected chi connectivity index (χ4v) is 3.14. The first-order chi connectivity index (χ1) is 11.4. The van der Waals surface area contributed by atoms with Crippen molar-refractivity contribution in [3.63, 3.8) is 0 Å². The normalized spacial score (nSPS) is 17.3. The minimum Gasteiger partial charge on any atom is -0.341 e. The highest BCUT2D eigenvalue weighted by atomic mass is 19.4. The molecular formula is C18H17F3N2O. The highest BCUT2D eigenvalue weighted by Crippen LogP contribution is 2.36. The fourth-order valence-electron chi connectivity index (χ4n) is 3.14. The van der Waals surface area contributed by atoms with Gasteiger partial charge in [-0.1, -0.05) is 36.4 Å². The van der Waals surface area contributed by atoms with Crippen LogP contribution in [0.1, 0.15) is 28.3 Å². The largest absolute Gasteiger partial charge is 0.416 e. The summed E-state index contributed by atoms with van der Waals surface area (Å²) in [6.07, 6.45) is -3.65. The summed E-state index contributed by atoms with van der Waals surface area (Å²) in [6.45, 7) is 0.516. The van der Waals surface area contributed by atoms with Crippen molar-refractivity contribution in [3.05, 3.63) is 70.8 Å². The predicted molar refractivity (Wildman–Crippen MR) is 84.6 cm³/mol. The zero-order chi connectivity index (χ0) is 17.3. The smallest absolute Gasteiger partial charge is 0.341 e. The van der Waals surface area contributed by atoms with Crippen LogP contribution in [0.5, 0.6) is 0 Å². The van der Waals surface area contributed by atoms with Crippen molar-refractivity contribution in [3.8, 4) is 0 Å². The third kappa shape index (κ3) is 2.96. The van der Waals surface area contributed by atoms with Gasteiger partial charge in [0.05, 0.1) is 11.6 Å². The Balaban J connectivity index is 2.05. The molecule has 1 aliphatic heterocycles. The van der Waals surface area contributed by atoms with Gasteiger partial charge in [0.15, 0.2) is 0 Å². The molecule has 0 saturated carbocycles. The fraction of sp³-hybridized carbons (Fsp3) is 0.278. The molecule has 0 fully saturated rings. The van der Waals surface area contributed by atoms with Gasteiger partial charge in [0.25, 0.3) is 0 Å². The molecule has 0 bridgehead atoms. The van der Waals surface area contributed by atoms with E-state index >= 15 is 0 Å². The summed E-state index contributed by atoms with van der Waals surface area (Å²) in [5, 5.41) is 2.61. The Kier molecular flexibility index (Phi) is 4.22. The van der Waals surface area contributed by atoms with E-state index in [1.54, 1.807) is 11.9 Å². The van der Waals surface area contributed by atoms with Crippen molar-refractivity contribution in [2.24, 2.45) is 0 Å². The van der Waals surface area contributed by atoms with Crippen molar-refractivity contribution in [2.45, 2.75) is 18.6 Å². The van der Waals surface area contributed by atoms with Gasteiger partial charge >= 0.3 is 12.2 Å². The van der Waals surface area contributed by atoms with Crippen molar-refractivity contribution in [2.75, 3.05) is 13.6 Å². The second-order valence-electron chi connectivity index (χ2n) is 5.72. The molecule has 2 aromatic rings. The number of fused-ring (bicyclic) bond motifs is 1. The molecule has 24 heavy (non-hydrogen) atoms. The van der Waals surface area contributed by atoms with E-state index in [9.17, 15) is 18.0 Å². The Labute approximate surface area is 138 Å². The van der Waals surface area contributed by atoms with Crippen LogP contribution in [0.15, 0.2) is 48.5 Å². The average molecular weight is 334 g/mol. The molecular weight excluding hydrogens is 317 g/mol. The molecule has 1 atom stereocenters. The van der Waals surface area contributed by atoms with Gasteiger partial charge in [-0.05, 0) is 35.2 Å². The molecule has 0 aliphatic carbocycles. The molecule has 126 valence electrons. The Morgan fingerprint density at radius 3 is 2.42 bits per heavy atom. The van der Waals surface area contributed by atoms with Crippen LogP contribution in [0.2, 0.25) is 0 Å². The highest BCUT2D eigenvalue weighted by molar-refractivity contribution is 5.75. The number of carbonyl (C=O) groups is 1. The maximum Gasteiger partial charge on any atom is 0.416 e. The summed E-state index contributed by atoms with van der Waals surface area (Å²) < 4.78 is 38.4. The van der Waals surface area contributed by atoms with Crippen LogP contribution in [-0.2, 0) is 12.6 Å².